The third kappa shape index (κ3) is 20.2. The third-order valence-corrected chi connectivity index (χ3v) is 3.43. The van der Waals surface area contributed by atoms with Gasteiger partial charge in [0.1, 0.15) is 5.75 Å². The fraction of sp³-hybridized carbons (Fsp3) is 0.526. The van der Waals surface area contributed by atoms with Gasteiger partial charge in [-0.2, -0.15) is 0 Å². The van der Waals surface area contributed by atoms with E-state index in [1.54, 1.807) is 7.11 Å². The Kier molecular flexibility index (Phi) is 21.8. The number of nitrogens with two attached hydrogens (primary N) is 2. The molecule has 0 amide bonds. The zero-order valence-electron chi connectivity index (χ0n) is 17.6. The van der Waals surface area contributed by atoms with Crippen LogP contribution in [0.5, 0.6) is 5.75 Å². The number of hydrazine groups is 1. The van der Waals surface area contributed by atoms with Crippen LogP contribution in [0.25, 0.3) is 0 Å². The summed E-state index contributed by atoms with van der Waals surface area (Å²) >= 11 is 0. The SMILES string of the molecule is CNCCOC/C(=C/N)NN.COc1ccc(C)cc1.O=CO.OC1CCNC1. The number of carbonyl (C=O) groups is 1. The number of carboxylic acid groups (broad SMARTS) is 1. The van der Waals surface area contributed by atoms with Crippen LogP contribution < -0.4 is 32.4 Å². The van der Waals surface area contributed by atoms with Gasteiger partial charge in [-0.3, -0.25) is 10.6 Å². The van der Waals surface area contributed by atoms with Crippen LogP contribution in [0.4, 0.5) is 0 Å². The molecule has 10 heteroatoms. The van der Waals surface area contributed by atoms with Crippen molar-refractivity contribution in [3.63, 3.8) is 0 Å². The summed E-state index contributed by atoms with van der Waals surface area (Å²) in [5.41, 5.74) is 9.56. The number of nitrogens with one attached hydrogen (secondary N) is 3. The zero-order chi connectivity index (χ0) is 22.3. The Morgan fingerprint density at radius 1 is 1.38 bits per heavy atom. The van der Waals surface area contributed by atoms with Gasteiger partial charge in [-0.1, -0.05) is 17.7 Å². The lowest BCUT2D eigenvalue weighted by molar-refractivity contribution is -0.122. The number of benzene rings is 1. The first-order valence-corrected chi connectivity index (χ1v) is 9.15. The van der Waals surface area contributed by atoms with E-state index in [-0.39, 0.29) is 12.6 Å². The molecule has 1 saturated heterocycles. The average molecular weight is 416 g/mol. The molecular weight excluding hydrogens is 378 g/mol. The minimum atomic E-state index is -0.250. The molecule has 1 aliphatic heterocycles. The molecule has 1 unspecified atom stereocenters. The molecule has 2 rings (SSSR count). The van der Waals surface area contributed by atoms with Crippen molar-refractivity contribution in [1.82, 2.24) is 16.1 Å². The van der Waals surface area contributed by atoms with E-state index >= 15 is 0 Å². The van der Waals surface area contributed by atoms with Crippen LogP contribution in [0.15, 0.2) is 36.2 Å². The first-order chi connectivity index (χ1) is 14.0. The van der Waals surface area contributed by atoms with E-state index in [1.165, 1.54) is 11.8 Å². The van der Waals surface area contributed by atoms with Crippen LogP contribution in [-0.2, 0) is 9.53 Å². The van der Waals surface area contributed by atoms with E-state index in [2.05, 4.69) is 23.0 Å². The predicted octanol–water partition coefficient (Wildman–Crippen LogP) is -0.469. The van der Waals surface area contributed by atoms with E-state index in [0.717, 1.165) is 31.8 Å². The van der Waals surface area contributed by atoms with E-state index in [1.807, 2.05) is 31.3 Å². The molecule has 1 atom stereocenters. The summed E-state index contributed by atoms with van der Waals surface area (Å²) in [6.07, 6.45) is 2.25. The molecule has 0 radical (unpaired) electrons. The molecular formula is C19H37N5O5. The van der Waals surface area contributed by atoms with Gasteiger partial charge in [0.25, 0.3) is 6.47 Å². The predicted molar refractivity (Wildman–Crippen MR) is 114 cm³/mol. The first-order valence-electron chi connectivity index (χ1n) is 9.15. The van der Waals surface area contributed by atoms with Crippen molar-refractivity contribution in [2.24, 2.45) is 11.6 Å². The normalized spacial score (nSPS) is 14.8. The van der Waals surface area contributed by atoms with Gasteiger partial charge in [0.15, 0.2) is 0 Å². The summed E-state index contributed by atoms with van der Waals surface area (Å²) in [5.74, 6) is 6.02. The number of hydrogen-bond donors (Lipinski definition) is 7. The molecule has 1 aromatic rings. The minimum absolute atomic E-state index is 0.0648. The number of methoxy groups -OCH3 is 1. The zero-order valence-corrected chi connectivity index (χ0v) is 17.6. The number of aliphatic hydroxyl groups is 1. The Bertz CT molecular complexity index is 508. The molecule has 1 heterocycles. The number of β-amino-alcohol motifs (C(OH)–C–C–N with tert-alkyl or cyclic N) is 1. The largest absolute Gasteiger partial charge is 0.497 e. The van der Waals surface area contributed by atoms with Crippen LogP contribution in [0.3, 0.4) is 0 Å². The molecule has 0 bridgehead atoms. The number of rotatable bonds is 7. The second kappa shape index (κ2) is 21.9. The second-order valence-electron chi connectivity index (χ2n) is 5.76. The summed E-state index contributed by atoms with van der Waals surface area (Å²) in [7, 11) is 3.54. The fourth-order valence-electron chi connectivity index (χ4n) is 1.81. The third-order valence-electron chi connectivity index (χ3n) is 3.43. The molecule has 168 valence electrons. The lowest BCUT2D eigenvalue weighted by Gasteiger charge is -2.06. The van der Waals surface area contributed by atoms with Gasteiger partial charge in [-0.15, -0.1) is 0 Å². The standard InChI is InChI=1S/C8H10O.C6H16N4O.C4H9NO.CH2O2/c1-7-3-5-8(9-2)6-4-7;1-9-2-3-11-5-6(4-7)10-8;6-4-1-2-5-3-4;2-1-3/h3-6H,1-2H3;4,9-10H,2-3,5,7-8H2,1H3;4-6H,1-3H2;1H,(H,2,3)/b;6-4-;;. The fourth-order valence-corrected chi connectivity index (χ4v) is 1.81. The highest BCUT2D eigenvalue weighted by atomic mass is 16.5. The summed E-state index contributed by atoms with van der Waals surface area (Å²) in [4.78, 5) is 8.36. The summed E-state index contributed by atoms with van der Waals surface area (Å²) < 4.78 is 10.1. The van der Waals surface area contributed by atoms with Crippen molar-refractivity contribution in [3.05, 3.63) is 41.7 Å². The Labute approximate surface area is 173 Å². The monoisotopic (exact) mass is 415 g/mol. The highest BCUT2D eigenvalue weighted by Gasteiger charge is 2.08. The summed E-state index contributed by atoms with van der Waals surface area (Å²) in [6, 6.07) is 7.96. The van der Waals surface area contributed by atoms with Gasteiger partial charge in [-0.05, 0) is 39.1 Å². The number of hydrogen-bond acceptors (Lipinski definition) is 9. The highest BCUT2D eigenvalue weighted by Crippen LogP contribution is 2.09. The van der Waals surface area contributed by atoms with Gasteiger partial charge in [-0.25, -0.2) is 0 Å². The molecule has 0 saturated carbocycles. The van der Waals surface area contributed by atoms with Crippen LogP contribution in [0.1, 0.15) is 12.0 Å². The highest BCUT2D eigenvalue weighted by molar-refractivity contribution is 5.32. The number of likely N-dealkylation sites (N-methyl/N-ethyl adjacent to an activating group) is 1. The van der Waals surface area contributed by atoms with Crippen LogP contribution >= 0.6 is 0 Å². The lowest BCUT2D eigenvalue weighted by atomic mass is 10.2. The number of aryl methyl sites for hydroxylation is 1. The number of ether oxygens (including phenoxy) is 2. The van der Waals surface area contributed by atoms with E-state index in [0.29, 0.717) is 18.9 Å². The minimum Gasteiger partial charge on any atom is -0.497 e. The summed E-state index contributed by atoms with van der Waals surface area (Å²) in [5, 5.41) is 21.5. The average Bonchev–Trinajstić information content (AvgIpc) is 3.21. The van der Waals surface area contributed by atoms with Crippen molar-refractivity contribution in [2.45, 2.75) is 19.4 Å². The lowest BCUT2D eigenvalue weighted by Crippen LogP contribution is -2.26. The smallest absolute Gasteiger partial charge is 0.290 e. The summed E-state index contributed by atoms with van der Waals surface area (Å²) in [6.45, 7) is 5.48. The van der Waals surface area contributed by atoms with Gasteiger partial charge in [0.05, 0.1) is 32.1 Å². The molecule has 1 fully saturated rings. The Morgan fingerprint density at radius 2 is 2.00 bits per heavy atom. The Morgan fingerprint density at radius 3 is 2.34 bits per heavy atom. The molecule has 0 spiro atoms. The van der Waals surface area contributed by atoms with Crippen molar-refractivity contribution in [3.8, 4) is 5.75 Å². The second-order valence-corrected chi connectivity index (χ2v) is 5.76. The molecule has 9 N–H and O–H groups in total. The molecule has 0 aliphatic carbocycles. The maximum atomic E-state index is 8.67. The molecule has 10 nitrogen and oxygen atoms in total. The van der Waals surface area contributed by atoms with E-state index in [4.69, 9.17) is 36.1 Å². The molecule has 29 heavy (non-hydrogen) atoms. The van der Waals surface area contributed by atoms with Gasteiger partial charge in [0, 0.05) is 19.3 Å². The van der Waals surface area contributed by atoms with Gasteiger partial charge < -0.3 is 41.5 Å². The van der Waals surface area contributed by atoms with E-state index in [9.17, 15) is 0 Å². The van der Waals surface area contributed by atoms with Gasteiger partial charge in [0.2, 0.25) is 0 Å². The quantitative estimate of drug-likeness (QED) is 0.134. The first kappa shape index (κ1) is 28.8. The Hall–Kier alpha value is -2.37. The van der Waals surface area contributed by atoms with Crippen LogP contribution in [0, 0.1) is 6.92 Å². The van der Waals surface area contributed by atoms with Crippen molar-refractivity contribution in [1.29, 1.82) is 0 Å². The maximum absolute atomic E-state index is 8.67. The van der Waals surface area contributed by atoms with Crippen molar-refractivity contribution < 1.29 is 24.5 Å². The van der Waals surface area contributed by atoms with Crippen molar-refractivity contribution in [2.75, 3.05) is 47.0 Å². The van der Waals surface area contributed by atoms with Crippen molar-refractivity contribution >= 4 is 6.47 Å². The number of aliphatic hydroxyl groups excluding tert-OH is 1. The Balaban J connectivity index is 0. The van der Waals surface area contributed by atoms with Crippen LogP contribution in [0.2, 0.25) is 0 Å². The molecule has 1 aliphatic rings. The topological polar surface area (TPSA) is 164 Å². The maximum Gasteiger partial charge on any atom is 0.290 e. The molecule has 0 aromatic heterocycles. The van der Waals surface area contributed by atoms with E-state index < -0.39 is 0 Å². The van der Waals surface area contributed by atoms with Crippen LogP contribution in [-0.4, -0.2) is 69.8 Å². The molecule has 1 aromatic carbocycles. The van der Waals surface area contributed by atoms with Gasteiger partial charge >= 0.3 is 0 Å².